The Morgan fingerprint density at radius 3 is 2.55 bits per heavy atom. The van der Waals surface area contributed by atoms with Crippen LogP contribution in [0.25, 0.3) is 27.2 Å². The van der Waals surface area contributed by atoms with Gasteiger partial charge in [-0.1, -0.05) is 60.1 Å². The summed E-state index contributed by atoms with van der Waals surface area (Å²) in [6.07, 6.45) is 1.56. The molecular weight excluding hydrogens is 566 g/mol. The van der Waals surface area contributed by atoms with Crippen molar-refractivity contribution >= 4 is 49.6 Å². The average molecular weight is 592 g/mol. The monoisotopic (exact) mass is 591 g/mol. The molecule has 1 aliphatic heterocycles. The fraction of sp³-hybridized carbons (Fsp3) is 0.207. The Hall–Kier alpha value is -3.57. The standard InChI is InChI=1S/C29H26ClN5O3S2/c1-19-17-33(14-15-34(19)40(37,38)27-9-5-7-21-6-3-4-8-24(21)27)28(36)25-16-31-35(20(25)2)29-32-26(18-39-29)22-10-12-23(30)13-11-22/h3-13,16,18-19H,14-15,17H2,1-2H3. The minimum absolute atomic E-state index is 0.174. The van der Waals surface area contributed by atoms with Gasteiger partial charge in [-0.3, -0.25) is 4.79 Å². The highest BCUT2D eigenvalue weighted by atomic mass is 35.5. The smallest absolute Gasteiger partial charge is 0.257 e. The number of nitrogens with zero attached hydrogens (tertiary/aromatic N) is 5. The molecule has 0 bridgehead atoms. The predicted octanol–water partition coefficient (Wildman–Crippen LogP) is 5.65. The predicted molar refractivity (Wildman–Crippen MR) is 158 cm³/mol. The molecule has 0 saturated carbocycles. The highest BCUT2D eigenvalue weighted by molar-refractivity contribution is 7.89. The summed E-state index contributed by atoms with van der Waals surface area (Å²) < 4.78 is 30.6. The zero-order valence-electron chi connectivity index (χ0n) is 21.9. The molecule has 5 aromatic rings. The van der Waals surface area contributed by atoms with Crippen LogP contribution < -0.4 is 0 Å². The Bertz CT molecular complexity index is 1830. The average Bonchev–Trinajstić information content (AvgIpc) is 3.59. The van der Waals surface area contributed by atoms with Gasteiger partial charge in [-0.25, -0.2) is 18.1 Å². The molecule has 1 aliphatic rings. The zero-order chi connectivity index (χ0) is 28.0. The zero-order valence-corrected chi connectivity index (χ0v) is 24.2. The van der Waals surface area contributed by atoms with Crippen LogP contribution in [0.1, 0.15) is 23.0 Å². The van der Waals surface area contributed by atoms with Gasteiger partial charge in [0, 0.05) is 47.0 Å². The summed E-state index contributed by atoms with van der Waals surface area (Å²) >= 11 is 7.44. The van der Waals surface area contributed by atoms with Gasteiger partial charge in [-0.2, -0.15) is 9.40 Å². The molecule has 1 saturated heterocycles. The molecule has 8 nitrogen and oxygen atoms in total. The van der Waals surface area contributed by atoms with Gasteiger partial charge >= 0.3 is 0 Å². The summed E-state index contributed by atoms with van der Waals surface area (Å²) in [6.45, 7) is 4.46. The van der Waals surface area contributed by atoms with Crippen LogP contribution >= 0.6 is 22.9 Å². The first-order valence-corrected chi connectivity index (χ1v) is 15.5. The van der Waals surface area contributed by atoms with Gasteiger partial charge in [-0.05, 0) is 37.4 Å². The number of carbonyl (C=O) groups is 1. The Labute approximate surface area is 241 Å². The van der Waals surface area contributed by atoms with Crippen molar-refractivity contribution < 1.29 is 13.2 Å². The second-order valence-electron chi connectivity index (χ2n) is 9.77. The fourth-order valence-corrected chi connectivity index (χ4v) is 7.92. The van der Waals surface area contributed by atoms with E-state index in [1.54, 1.807) is 27.9 Å². The molecule has 0 N–H and O–H groups in total. The molecule has 3 heterocycles. The van der Waals surface area contributed by atoms with Crippen LogP contribution in [0, 0.1) is 6.92 Å². The SMILES string of the molecule is Cc1c(C(=O)N2CCN(S(=O)(=O)c3cccc4ccccc34)C(C)C2)cnn1-c1nc(-c2ccc(Cl)cc2)cs1. The maximum atomic E-state index is 13.7. The number of sulfonamides is 1. The molecule has 40 heavy (non-hydrogen) atoms. The number of carbonyl (C=O) groups excluding carboxylic acids is 1. The lowest BCUT2D eigenvalue weighted by atomic mass is 10.1. The quantitative estimate of drug-likeness (QED) is 0.264. The first-order valence-electron chi connectivity index (χ1n) is 12.8. The minimum Gasteiger partial charge on any atom is -0.336 e. The van der Waals surface area contributed by atoms with Gasteiger partial charge in [0.1, 0.15) is 0 Å². The van der Waals surface area contributed by atoms with Gasteiger partial charge in [0.25, 0.3) is 5.91 Å². The van der Waals surface area contributed by atoms with Crippen molar-refractivity contribution in [2.75, 3.05) is 19.6 Å². The highest BCUT2D eigenvalue weighted by Gasteiger charge is 2.36. The Morgan fingerprint density at radius 1 is 1.02 bits per heavy atom. The number of aromatic nitrogens is 3. The number of piperazine rings is 1. The lowest BCUT2D eigenvalue weighted by molar-refractivity contribution is 0.0641. The maximum Gasteiger partial charge on any atom is 0.257 e. The summed E-state index contributed by atoms with van der Waals surface area (Å²) in [5.41, 5.74) is 2.90. The van der Waals surface area contributed by atoms with E-state index in [-0.39, 0.29) is 30.4 Å². The molecule has 6 rings (SSSR count). The van der Waals surface area contributed by atoms with E-state index >= 15 is 0 Å². The van der Waals surface area contributed by atoms with Crippen molar-refractivity contribution in [3.05, 3.63) is 94.6 Å². The largest absolute Gasteiger partial charge is 0.336 e. The molecule has 1 amide bonds. The third kappa shape index (κ3) is 4.71. The number of hydrogen-bond donors (Lipinski definition) is 0. The molecule has 0 aliphatic carbocycles. The number of thiazole rings is 1. The summed E-state index contributed by atoms with van der Waals surface area (Å²) in [5, 5.41) is 9.28. The lowest BCUT2D eigenvalue weighted by Gasteiger charge is -2.39. The van der Waals surface area contributed by atoms with E-state index in [0.717, 1.165) is 16.6 Å². The van der Waals surface area contributed by atoms with Gasteiger partial charge in [0.15, 0.2) is 0 Å². The van der Waals surface area contributed by atoms with Crippen LogP contribution in [0.4, 0.5) is 0 Å². The van der Waals surface area contributed by atoms with Crippen molar-refractivity contribution in [2.24, 2.45) is 0 Å². The molecule has 204 valence electrons. The minimum atomic E-state index is -3.75. The first-order chi connectivity index (χ1) is 19.2. The van der Waals surface area contributed by atoms with E-state index in [1.807, 2.05) is 73.8 Å². The Morgan fingerprint density at radius 2 is 1.77 bits per heavy atom. The number of rotatable bonds is 5. The van der Waals surface area contributed by atoms with Crippen LogP contribution in [-0.2, 0) is 10.0 Å². The van der Waals surface area contributed by atoms with Crippen molar-refractivity contribution in [2.45, 2.75) is 24.8 Å². The van der Waals surface area contributed by atoms with Crippen molar-refractivity contribution in [3.8, 4) is 16.4 Å². The second-order valence-corrected chi connectivity index (χ2v) is 12.9. The summed E-state index contributed by atoms with van der Waals surface area (Å²) in [5.74, 6) is -0.174. The van der Waals surface area contributed by atoms with Gasteiger partial charge in [0.2, 0.25) is 15.2 Å². The molecule has 3 aromatic carbocycles. The Kier molecular flexibility index (Phi) is 6.95. The van der Waals surface area contributed by atoms with E-state index in [0.29, 0.717) is 26.8 Å². The molecule has 0 radical (unpaired) electrons. The van der Waals surface area contributed by atoms with Gasteiger partial charge < -0.3 is 4.90 Å². The summed E-state index contributed by atoms with van der Waals surface area (Å²) in [4.78, 5) is 20.2. The van der Waals surface area contributed by atoms with E-state index in [9.17, 15) is 13.2 Å². The summed E-state index contributed by atoms with van der Waals surface area (Å²) in [7, 11) is -3.75. The topological polar surface area (TPSA) is 88.4 Å². The first kappa shape index (κ1) is 26.6. The molecule has 0 spiro atoms. The van der Waals surface area contributed by atoms with Gasteiger partial charge in [-0.15, -0.1) is 11.3 Å². The van der Waals surface area contributed by atoms with Gasteiger partial charge in [0.05, 0.1) is 28.0 Å². The van der Waals surface area contributed by atoms with Crippen LogP contribution in [0.2, 0.25) is 5.02 Å². The van der Waals surface area contributed by atoms with E-state index in [1.165, 1.54) is 15.6 Å². The number of benzene rings is 3. The molecule has 11 heteroatoms. The van der Waals surface area contributed by atoms with E-state index < -0.39 is 16.1 Å². The fourth-order valence-electron chi connectivity index (χ4n) is 5.13. The third-order valence-electron chi connectivity index (χ3n) is 7.24. The van der Waals surface area contributed by atoms with Crippen LogP contribution in [-0.4, -0.2) is 64.0 Å². The molecule has 1 unspecified atom stereocenters. The summed E-state index contributed by atoms with van der Waals surface area (Å²) in [6, 6.07) is 19.9. The van der Waals surface area contributed by atoms with Crippen LogP contribution in [0.3, 0.4) is 0 Å². The second kappa shape index (κ2) is 10.4. The third-order valence-corrected chi connectivity index (χ3v) is 10.4. The van der Waals surface area contributed by atoms with Crippen molar-refractivity contribution in [1.82, 2.24) is 24.0 Å². The maximum absolute atomic E-state index is 13.7. The lowest BCUT2D eigenvalue weighted by Crippen LogP contribution is -2.55. The van der Waals surface area contributed by atoms with Crippen LogP contribution in [0.15, 0.2) is 83.2 Å². The van der Waals surface area contributed by atoms with Crippen LogP contribution in [0.5, 0.6) is 0 Å². The number of amides is 1. The normalized spacial score (nSPS) is 16.5. The van der Waals surface area contributed by atoms with E-state index in [4.69, 9.17) is 16.6 Å². The highest BCUT2D eigenvalue weighted by Crippen LogP contribution is 2.30. The molecule has 1 fully saturated rings. The molecular formula is C29H26ClN5O3S2. The molecule has 2 aromatic heterocycles. The van der Waals surface area contributed by atoms with E-state index in [2.05, 4.69) is 5.10 Å². The number of hydrogen-bond acceptors (Lipinski definition) is 6. The Balaban J connectivity index is 1.20. The number of fused-ring (bicyclic) bond motifs is 1. The van der Waals surface area contributed by atoms with Crippen molar-refractivity contribution in [1.29, 1.82) is 0 Å². The number of halogens is 1. The molecule has 1 atom stereocenters. The van der Waals surface area contributed by atoms with Crippen molar-refractivity contribution in [3.63, 3.8) is 0 Å².